The molecule has 0 saturated heterocycles. The lowest BCUT2D eigenvalue weighted by atomic mass is 10.0. The first-order valence-electron chi connectivity index (χ1n) is 4.12. The molecule has 1 rings (SSSR count). The molecule has 0 atom stereocenters. The molecule has 0 fully saturated rings. The summed E-state index contributed by atoms with van der Waals surface area (Å²) in [4.78, 5) is 11.0. The SMILES string of the molecule is C/C1=C(\C)CNC(=O)CCC1. The van der Waals surface area contributed by atoms with Gasteiger partial charge >= 0.3 is 0 Å². The van der Waals surface area contributed by atoms with Crippen LogP contribution in [0.15, 0.2) is 11.1 Å². The maximum Gasteiger partial charge on any atom is 0.220 e. The zero-order valence-electron chi connectivity index (χ0n) is 7.24. The van der Waals surface area contributed by atoms with E-state index in [1.54, 1.807) is 0 Å². The van der Waals surface area contributed by atoms with Gasteiger partial charge in [-0.25, -0.2) is 0 Å². The van der Waals surface area contributed by atoms with Gasteiger partial charge in [0.05, 0.1) is 0 Å². The predicted molar refractivity (Wildman–Crippen MR) is 45.2 cm³/mol. The van der Waals surface area contributed by atoms with Crippen molar-refractivity contribution in [3.05, 3.63) is 11.1 Å². The number of amides is 1. The third-order valence-corrected chi connectivity index (χ3v) is 2.23. The molecule has 0 aromatic carbocycles. The minimum Gasteiger partial charge on any atom is -0.352 e. The van der Waals surface area contributed by atoms with Crippen molar-refractivity contribution in [3.63, 3.8) is 0 Å². The summed E-state index contributed by atoms with van der Waals surface area (Å²) in [7, 11) is 0. The smallest absolute Gasteiger partial charge is 0.220 e. The van der Waals surface area contributed by atoms with Gasteiger partial charge in [0.25, 0.3) is 0 Å². The summed E-state index contributed by atoms with van der Waals surface area (Å²) in [6, 6.07) is 0. The van der Waals surface area contributed by atoms with E-state index in [9.17, 15) is 4.79 Å². The molecule has 2 nitrogen and oxygen atoms in total. The van der Waals surface area contributed by atoms with Crippen LogP contribution >= 0.6 is 0 Å². The van der Waals surface area contributed by atoms with Crippen LogP contribution < -0.4 is 5.32 Å². The van der Waals surface area contributed by atoms with Gasteiger partial charge in [0.15, 0.2) is 0 Å². The van der Waals surface area contributed by atoms with Crippen LogP contribution in [0.25, 0.3) is 0 Å². The Morgan fingerprint density at radius 3 is 2.64 bits per heavy atom. The Balaban J connectivity index is 2.61. The molecule has 11 heavy (non-hydrogen) atoms. The Morgan fingerprint density at radius 2 is 1.91 bits per heavy atom. The Kier molecular flexibility index (Phi) is 2.69. The Labute approximate surface area is 67.7 Å². The molecule has 62 valence electrons. The van der Waals surface area contributed by atoms with Crippen molar-refractivity contribution in [1.29, 1.82) is 0 Å². The Morgan fingerprint density at radius 1 is 1.18 bits per heavy atom. The largest absolute Gasteiger partial charge is 0.352 e. The van der Waals surface area contributed by atoms with E-state index in [1.165, 1.54) is 11.1 Å². The molecule has 0 spiro atoms. The average molecular weight is 153 g/mol. The molecule has 1 aliphatic heterocycles. The number of allylic oxidation sites excluding steroid dienone is 1. The van der Waals surface area contributed by atoms with E-state index in [-0.39, 0.29) is 5.91 Å². The van der Waals surface area contributed by atoms with Gasteiger partial charge in [-0.05, 0) is 26.7 Å². The van der Waals surface area contributed by atoms with Crippen molar-refractivity contribution in [2.45, 2.75) is 33.1 Å². The van der Waals surface area contributed by atoms with Gasteiger partial charge in [0.1, 0.15) is 0 Å². The van der Waals surface area contributed by atoms with Crippen LogP contribution in [0.1, 0.15) is 33.1 Å². The highest BCUT2D eigenvalue weighted by Gasteiger charge is 2.06. The van der Waals surface area contributed by atoms with Crippen molar-refractivity contribution in [3.8, 4) is 0 Å². The quantitative estimate of drug-likeness (QED) is 0.526. The molecular weight excluding hydrogens is 138 g/mol. The molecular formula is C9H15NO. The van der Waals surface area contributed by atoms with Crippen LogP contribution in [0.3, 0.4) is 0 Å². The number of hydrogen-bond acceptors (Lipinski definition) is 1. The molecule has 1 heterocycles. The van der Waals surface area contributed by atoms with Gasteiger partial charge in [-0.2, -0.15) is 0 Å². The van der Waals surface area contributed by atoms with E-state index in [0.717, 1.165) is 19.4 Å². The molecule has 1 aliphatic rings. The van der Waals surface area contributed by atoms with Gasteiger partial charge in [0.2, 0.25) is 5.91 Å². The minimum absolute atomic E-state index is 0.192. The van der Waals surface area contributed by atoms with E-state index in [2.05, 4.69) is 19.2 Å². The fraction of sp³-hybridized carbons (Fsp3) is 0.667. The maximum absolute atomic E-state index is 11.0. The first-order valence-corrected chi connectivity index (χ1v) is 4.12. The number of hydrogen-bond donors (Lipinski definition) is 1. The van der Waals surface area contributed by atoms with E-state index < -0.39 is 0 Å². The number of rotatable bonds is 0. The molecule has 1 N–H and O–H groups in total. The molecule has 0 unspecified atom stereocenters. The summed E-state index contributed by atoms with van der Waals surface area (Å²) in [5, 5.41) is 2.87. The highest BCUT2D eigenvalue weighted by Crippen LogP contribution is 2.13. The van der Waals surface area contributed by atoms with Crippen molar-refractivity contribution in [1.82, 2.24) is 5.32 Å². The molecule has 0 radical (unpaired) electrons. The summed E-state index contributed by atoms with van der Waals surface area (Å²) in [5.74, 6) is 0.192. The monoisotopic (exact) mass is 153 g/mol. The molecule has 0 aromatic rings. The summed E-state index contributed by atoms with van der Waals surface area (Å²) in [6.07, 6.45) is 2.76. The van der Waals surface area contributed by atoms with Gasteiger partial charge in [0, 0.05) is 13.0 Å². The second-order valence-electron chi connectivity index (χ2n) is 3.19. The van der Waals surface area contributed by atoms with Gasteiger partial charge in [-0.3, -0.25) is 4.79 Å². The zero-order chi connectivity index (χ0) is 8.27. The first kappa shape index (κ1) is 8.31. The predicted octanol–water partition coefficient (Wildman–Crippen LogP) is 1.62. The minimum atomic E-state index is 0.192. The topological polar surface area (TPSA) is 29.1 Å². The normalized spacial score (nSPS) is 27.3. The van der Waals surface area contributed by atoms with Crippen molar-refractivity contribution in [2.24, 2.45) is 0 Å². The molecule has 0 saturated carbocycles. The second kappa shape index (κ2) is 3.56. The number of nitrogens with one attached hydrogen (secondary N) is 1. The molecule has 0 bridgehead atoms. The lowest BCUT2D eigenvalue weighted by Crippen LogP contribution is -2.26. The third-order valence-electron chi connectivity index (χ3n) is 2.23. The number of carbonyl (C=O) groups is 1. The summed E-state index contributed by atoms with van der Waals surface area (Å²) in [5.41, 5.74) is 2.75. The fourth-order valence-electron chi connectivity index (χ4n) is 1.20. The maximum atomic E-state index is 11.0. The van der Waals surface area contributed by atoms with Crippen molar-refractivity contribution >= 4 is 5.91 Å². The van der Waals surface area contributed by atoms with E-state index in [1.807, 2.05) is 0 Å². The summed E-state index contributed by atoms with van der Waals surface area (Å²) >= 11 is 0. The molecule has 0 aromatic heterocycles. The van der Waals surface area contributed by atoms with Crippen LogP contribution in [0, 0.1) is 0 Å². The van der Waals surface area contributed by atoms with Crippen LogP contribution in [0.4, 0.5) is 0 Å². The van der Waals surface area contributed by atoms with Crippen molar-refractivity contribution in [2.75, 3.05) is 6.54 Å². The van der Waals surface area contributed by atoms with E-state index in [0.29, 0.717) is 6.42 Å². The fourth-order valence-corrected chi connectivity index (χ4v) is 1.20. The van der Waals surface area contributed by atoms with Crippen molar-refractivity contribution < 1.29 is 4.79 Å². The van der Waals surface area contributed by atoms with Crippen LogP contribution in [-0.2, 0) is 4.79 Å². The lowest BCUT2D eigenvalue weighted by molar-refractivity contribution is -0.121. The third kappa shape index (κ3) is 2.37. The standard InChI is InChI=1S/C9H15NO/c1-7-4-3-5-9(11)10-6-8(7)2/h3-6H2,1-2H3,(H,10,11)/b8-7-. The van der Waals surface area contributed by atoms with Crippen LogP contribution in [0.2, 0.25) is 0 Å². The Hall–Kier alpha value is -0.790. The lowest BCUT2D eigenvalue weighted by Gasteiger charge is -2.13. The molecule has 1 amide bonds. The average Bonchev–Trinajstić information content (AvgIpc) is 1.98. The first-order chi connectivity index (χ1) is 5.20. The number of carbonyl (C=O) groups excluding carboxylic acids is 1. The summed E-state index contributed by atoms with van der Waals surface area (Å²) < 4.78 is 0. The summed E-state index contributed by atoms with van der Waals surface area (Å²) in [6.45, 7) is 4.97. The highest BCUT2D eigenvalue weighted by atomic mass is 16.1. The van der Waals surface area contributed by atoms with Gasteiger partial charge in [-0.1, -0.05) is 11.1 Å². The van der Waals surface area contributed by atoms with Crippen LogP contribution in [0.5, 0.6) is 0 Å². The van der Waals surface area contributed by atoms with Gasteiger partial charge < -0.3 is 5.32 Å². The Bertz CT molecular complexity index is 194. The second-order valence-corrected chi connectivity index (χ2v) is 3.19. The molecule has 0 aliphatic carbocycles. The van der Waals surface area contributed by atoms with Crippen LogP contribution in [-0.4, -0.2) is 12.5 Å². The van der Waals surface area contributed by atoms with Gasteiger partial charge in [-0.15, -0.1) is 0 Å². The zero-order valence-corrected chi connectivity index (χ0v) is 7.24. The molecule has 2 heteroatoms. The van der Waals surface area contributed by atoms with E-state index >= 15 is 0 Å². The van der Waals surface area contributed by atoms with E-state index in [4.69, 9.17) is 0 Å². The highest BCUT2D eigenvalue weighted by molar-refractivity contribution is 5.76.